The molecular weight excluding hydrogens is 380 g/mol. The molecule has 0 fully saturated rings. The number of benzene rings is 2. The number of fused-ring (bicyclic) bond motifs is 1. The van der Waals surface area contributed by atoms with Gasteiger partial charge in [-0.15, -0.1) is 0 Å². The Balaban J connectivity index is 2.00. The zero-order chi connectivity index (χ0) is 20.3. The van der Waals surface area contributed by atoms with E-state index in [1.165, 1.54) is 4.31 Å². The molecule has 0 radical (unpaired) electrons. The molecule has 0 aromatic heterocycles. The van der Waals surface area contributed by atoms with Gasteiger partial charge in [0.2, 0.25) is 0 Å². The summed E-state index contributed by atoms with van der Waals surface area (Å²) in [6.07, 6.45) is -0.0860. The molecule has 3 rings (SSSR count). The standard InChI is InChI=1S/C20H24N2O5S/c1-4-27-20(23)21-16-11-15-12-17(26-3)7-10-19(15)22(13-16)28(24,25)18-8-5-14(2)6-9-18/h5-10,12,16H,4,11,13H2,1-3H3,(H,21,23). The molecule has 2 aromatic carbocycles. The second-order valence-electron chi connectivity index (χ2n) is 6.61. The van der Waals surface area contributed by atoms with Crippen LogP contribution in [0.25, 0.3) is 0 Å². The molecule has 1 amide bonds. The molecule has 1 unspecified atom stereocenters. The number of carbonyl (C=O) groups is 1. The molecule has 1 aliphatic heterocycles. The van der Waals surface area contributed by atoms with E-state index in [2.05, 4.69) is 5.32 Å². The van der Waals surface area contributed by atoms with Crippen LogP contribution in [0.2, 0.25) is 0 Å². The van der Waals surface area contributed by atoms with Crippen molar-refractivity contribution >= 4 is 21.8 Å². The summed E-state index contributed by atoms with van der Waals surface area (Å²) >= 11 is 0. The quantitative estimate of drug-likeness (QED) is 0.828. The van der Waals surface area contributed by atoms with Crippen LogP contribution in [-0.4, -0.2) is 40.8 Å². The van der Waals surface area contributed by atoms with Gasteiger partial charge < -0.3 is 14.8 Å². The number of ether oxygens (including phenoxy) is 2. The SMILES string of the molecule is CCOC(=O)NC1Cc2cc(OC)ccc2N(S(=O)(=O)c2ccc(C)cc2)C1. The average molecular weight is 404 g/mol. The molecule has 1 N–H and O–H groups in total. The van der Waals surface area contributed by atoms with Crippen molar-refractivity contribution in [3.8, 4) is 5.75 Å². The highest BCUT2D eigenvalue weighted by Crippen LogP contribution is 2.34. The number of nitrogens with one attached hydrogen (secondary N) is 1. The molecule has 1 heterocycles. The predicted molar refractivity (Wildman–Crippen MR) is 106 cm³/mol. The van der Waals surface area contributed by atoms with E-state index >= 15 is 0 Å². The van der Waals surface area contributed by atoms with E-state index in [0.717, 1.165) is 11.1 Å². The summed E-state index contributed by atoms with van der Waals surface area (Å²) in [5.74, 6) is 0.628. The van der Waals surface area contributed by atoms with E-state index in [-0.39, 0.29) is 18.0 Å². The Morgan fingerprint density at radius 3 is 2.57 bits per heavy atom. The van der Waals surface area contributed by atoms with Crippen LogP contribution < -0.4 is 14.4 Å². The van der Waals surface area contributed by atoms with Gasteiger partial charge in [0.05, 0.1) is 36.9 Å². The minimum atomic E-state index is -3.79. The largest absolute Gasteiger partial charge is 0.497 e. The molecule has 0 bridgehead atoms. The van der Waals surface area contributed by atoms with Gasteiger partial charge in [0.15, 0.2) is 0 Å². The number of nitrogens with zero attached hydrogens (tertiary/aromatic N) is 1. The lowest BCUT2D eigenvalue weighted by Gasteiger charge is -2.35. The third-order valence-corrected chi connectivity index (χ3v) is 6.41. The molecule has 1 aliphatic rings. The van der Waals surface area contributed by atoms with Gasteiger partial charge >= 0.3 is 6.09 Å². The number of carbonyl (C=O) groups excluding carboxylic acids is 1. The Hall–Kier alpha value is -2.74. The third-order valence-electron chi connectivity index (χ3n) is 4.61. The maximum Gasteiger partial charge on any atom is 0.407 e. The Morgan fingerprint density at radius 1 is 1.21 bits per heavy atom. The number of alkyl carbamates (subject to hydrolysis) is 1. The summed E-state index contributed by atoms with van der Waals surface area (Å²) in [6, 6.07) is 11.6. The number of hydrogen-bond donors (Lipinski definition) is 1. The second kappa shape index (κ2) is 8.10. The molecule has 0 spiro atoms. The number of methoxy groups -OCH3 is 1. The first-order valence-electron chi connectivity index (χ1n) is 9.04. The van der Waals surface area contributed by atoms with Crippen LogP contribution in [0.15, 0.2) is 47.4 Å². The van der Waals surface area contributed by atoms with Crippen LogP contribution in [0, 0.1) is 6.92 Å². The van der Waals surface area contributed by atoms with Gasteiger partial charge in [-0.1, -0.05) is 17.7 Å². The molecule has 7 nitrogen and oxygen atoms in total. The fourth-order valence-corrected chi connectivity index (χ4v) is 4.77. The topological polar surface area (TPSA) is 84.9 Å². The Kier molecular flexibility index (Phi) is 5.79. The lowest BCUT2D eigenvalue weighted by atomic mass is 9.99. The number of anilines is 1. The Labute approximate surface area is 165 Å². The summed E-state index contributed by atoms with van der Waals surface area (Å²) in [7, 11) is -2.24. The maximum absolute atomic E-state index is 13.3. The zero-order valence-electron chi connectivity index (χ0n) is 16.1. The molecule has 0 saturated carbocycles. The molecule has 28 heavy (non-hydrogen) atoms. The molecule has 0 aliphatic carbocycles. The number of rotatable bonds is 5. The summed E-state index contributed by atoms with van der Waals surface area (Å²) in [4.78, 5) is 12.1. The Bertz CT molecular complexity index is 957. The minimum Gasteiger partial charge on any atom is -0.497 e. The highest BCUT2D eigenvalue weighted by atomic mass is 32.2. The van der Waals surface area contributed by atoms with Crippen LogP contribution in [0.5, 0.6) is 5.75 Å². The van der Waals surface area contributed by atoms with Crippen molar-refractivity contribution in [2.75, 3.05) is 24.6 Å². The first-order chi connectivity index (χ1) is 13.3. The zero-order valence-corrected chi connectivity index (χ0v) is 17.0. The molecule has 8 heteroatoms. The maximum atomic E-state index is 13.3. The van der Waals surface area contributed by atoms with Gasteiger partial charge in [0, 0.05) is 0 Å². The first-order valence-corrected chi connectivity index (χ1v) is 10.5. The van der Waals surface area contributed by atoms with Crippen LogP contribution in [-0.2, 0) is 21.2 Å². The molecule has 2 aromatic rings. The van der Waals surface area contributed by atoms with Gasteiger partial charge in [0.1, 0.15) is 5.75 Å². The number of aryl methyl sites for hydroxylation is 1. The van der Waals surface area contributed by atoms with Gasteiger partial charge in [-0.05, 0) is 56.2 Å². The highest BCUT2D eigenvalue weighted by molar-refractivity contribution is 7.92. The van der Waals surface area contributed by atoms with Crippen LogP contribution in [0.4, 0.5) is 10.5 Å². The van der Waals surface area contributed by atoms with Crippen molar-refractivity contribution in [3.63, 3.8) is 0 Å². The minimum absolute atomic E-state index is 0.119. The van der Waals surface area contributed by atoms with Crippen molar-refractivity contribution in [1.82, 2.24) is 5.32 Å². The normalized spacial score (nSPS) is 16.2. The molecule has 150 valence electrons. The van der Waals surface area contributed by atoms with E-state index in [0.29, 0.717) is 17.9 Å². The van der Waals surface area contributed by atoms with Gasteiger partial charge in [-0.25, -0.2) is 13.2 Å². The summed E-state index contributed by atoms with van der Waals surface area (Å²) in [6.45, 7) is 3.98. The molecular formula is C20H24N2O5S. The van der Waals surface area contributed by atoms with Gasteiger partial charge in [0.25, 0.3) is 10.0 Å². The Morgan fingerprint density at radius 2 is 1.93 bits per heavy atom. The highest BCUT2D eigenvalue weighted by Gasteiger charge is 2.34. The van der Waals surface area contributed by atoms with E-state index in [1.54, 1.807) is 56.5 Å². The number of sulfonamides is 1. The summed E-state index contributed by atoms with van der Waals surface area (Å²) < 4.78 is 38.2. The monoisotopic (exact) mass is 404 g/mol. The smallest absolute Gasteiger partial charge is 0.407 e. The van der Waals surface area contributed by atoms with Crippen molar-refractivity contribution in [2.45, 2.75) is 31.2 Å². The average Bonchev–Trinajstić information content (AvgIpc) is 2.67. The molecule has 1 atom stereocenters. The lowest BCUT2D eigenvalue weighted by molar-refractivity contribution is 0.148. The fraction of sp³-hybridized carbons (Fsp3) is 0.350. The van der Waals surface area contributed by atoms with E-state index < -0.39 is 22.2 Å². The van der Waals surface area contributed by atoms with Crippen LogP contribution in [0.1, 0.15) is 18.1 Å². The van der Waals surface area contributed by atoms with Crippen molar-refractivity contribution < 1.29 is 22.7 Å². The fourth-order valence-electron chi connectivity index (χ4n) is 3.23. The second-order valence-corrected chi connectivity index (χ2v) is 8.47. The van der Waals surface area contributed by atoms with Gasteiger partial charge in [-0.2, -0.15) is 0 Å². The van der Waals surface area contributed by atoms with Crippen LogP contribution in [0.3, 0.4) is 0 Å². The van der Waals surface area contributed by atoms with Crippen molar-refractivity contribution in [3.05, 3.63) is 53.6 Å². The van der Waals surface area contributed by atoms with Crippen molar-refractivity contribution in [1.29, 1.82) is 0 Å². The van der Waals surface area contributed by atoms with E-state index in [9.17, 15) is 13.2 Å². The van der Waals surface area contributed by atoms with Crippen LogP contribution >= 0.6 is 0 Å². The molecule has 0 saturated heterocycles. The first kappa shape index (κ1) is 20.0. The van der Waals surface area contributed by atoms with E-state index in [1.807, 2.05) is 6.92 Å². The predicted octanol–water partition coefficient (Wildman–Crippen LogP) is 2.87. The lowest BCUT2D eigenvalue weighted by Crippen LogP contribution is -2.50. The summed E-state index contributed by atoms with van der Waals surface area (Å²) in [5.41, 5.74) is 2.34. The van der Waals surface area contributed by atoms with Crippen molar-refractivity contribution in [2.24, 2.45) is 0 Å². The number of hydrogen-bond acceptors (Lipinski definition) is 5. The van der Waals surface area contributed by atoms with Gasteiger partial charge in [-0.3, -0.25) is 4.31 Å². The third kappa shape index (κ3) is 4.06. The summed E-state index contributed by atoms with van der Waals surface area (Å²) in [5, 5.41) is 2.75. The number of amides is 1. The van der Waals surface area contributed by atoms with E-state index in [4.69, 9.17) is 9.47 Å².